The minimum atomic E-state index is -4.51. The summed E-state index contributed by atoms with van der Waals surface area (Å²) in [5.74, 6) is -0.119. The van der Waals surface area contributed by atoms with Crippen LogP contribution in [0.25, 0.3) is 0 Å². The van der Waals surface area contributed by atoms with Crippen molar-refractivity contribution in [1.29, 1.82) is 0 Å². The zero-order valence-corrected chi connectivity index (χ0v) is 18.4. The number of alkyl halides is 3. The SMILES string of the molecule is O=C(Nc1ccc(N2CCCN(Cc3cccc(F)c3)CC2)nc1)c1cccc(C(F)(F)F)c1. The highest BCUT2D eigenvalue weighted by molar-refractivity contribution is 6.04. The maximum atomic E-state index is 13.5. The largest absolute Gasteiger partial charge is 0.416 e. The molecule has 1 N–H and O–H groups in total. The van der Waals surface area contributed by atoms with E-state index < -0.39 is 17.6 Å². The van der Waals surface area contributed by atoms with Crippen LogP contribution in [0.2, 0.25) is 0 Å². The van der Waals surface area contributed by atoms with E-state index in [2.05, 4.69) is 20.1 Å². The van der Waals surface area contributed by atoms with Gasteiger partial charge in [-0.15, -0.1) is 0 Å². The van der Waals surface area contributed by atoms with Crippen LogP contribution in [0.5, 0.6) is 0 Å². The molecular formula is C25H24F4N4O. The molecular weight excluding hydrogens is 448 g/mol. The molecule has 1 saturated heterocycles. The summed E-state index contributed by atoms with van der Waals surface area (Å²) in [6.07, 6.45) is -2.10. The lowest BCUT2D eigenvalue weighted by molar-refractivity contribution is -0.137. The molecule has 2 heterocycles. The molecule has 0 radical (unpaired) electrons. The first-order valence-electron chi connectivity index (χ1n) is 10.9. The summed E-state index contributed by atoms with van der Waals surface area (Å²) >= 11 is 0. The highest BCUT2D eigenvalue weighted by atomic mass is 19.4. The second-order valence-electron chi connectivity index (χ2n) is 8.18. The highest BCUT2D eigenvalue weighted by Gasteiger charge is 2.30. The first-order valence-corrected chi connectivity index (χ1v) is 10.9. The highest BCUT2D eigenvalue weighted by Crippen LogP contribution is 2.29. The fourth-order valence-corrected chi connectivity index (χ4v) is 3.94. The normalized spacial score (nSPS) is 15.1. The van der Waals surface area contributed by atoms with Crippen molar-refractivity contribution in [1.82, 2.24) is 9.88 Å². The minimum Gasteiger partial charge on any atom is -0.355 e. The van der Waals surface area contributed by atoms with Gasteiger partial charge in [0.1, 0.15) is 11.6 Å². The van der Waals surface area contributed by atoms with Crippen LogP contribution in [0.4, 0.5) is 29.1 Å². The third-order valence-electron chi connectivity index (χ3n) is 5.67. The first-order chi connectivity index (χ1) is 16.3. The summed E-state index contributed by atoms with van der Waals surface area (Å²) in [7, 11) is 0. The lowest BCUT2D eigenvalue weighted by atomic mass is 10.1. The number of benzene rings is 2. The number of hydrogen-bond acceptors (Lipinski definition) is 4. The zero-order valence-electron chi connectivity index (χ0n) is 18.4. The molecule has 1 aliphatic rings. The molecule has 2 aromatic carbocycles. The van der Waals surface area contributed by atoms with E-state index in [-0.39, 0.29) is 11.4 Å². The Kier molecular flexibility index (Phi) is 7.12. The Hall–Kier alpha value is -3.46. The van der Waals surface area contributed by atoms with Crippen molar-refractivity contribution in [2.75, 3.05) is 36.4 Å². The van der Waals surface area contributed by atoms with Gasteiger partial charge in [0.05, 0.1) is 17.4 Å². The Morgan fingerprint density at radius 1 is 0.971 bits per heavy atom. The maximum absolute atomic E-state index is 13.5. The van der Waals surface area contributed by atoms with Crippen LogP contribution in [0.15, 0.2) is 66.9 Å². The van der Waals surface area contributed by atoms with Gasteiger partial charge in [0, 0.05) is 38.3 Å². The zero-order chi connectivity index (χ0) is 24.1. The van der Waals surface area contributed by atoms with Gasteiger partial charge >= 0.3 is 6.18 Å². The lowest BCUT2D eigenvalue weighted by Gasteiger charge is -2.23. The fourth-order valence-electron chi connectivity index (χ4n) is 3.94. The number of carbonyl (C=O) groups is 1. The molecule has 0 bridgehead atoms. The van der Waals surface area contributed by atoms with Crippen LogP contribution in [-0.2, 0) is 12.7 Å². The summed E-state index contributed by atoms with van der Waals surface area (Å²) in [6.45, 7) is 3.92. The molecule has 0 saturated carbocycles. The standard InChI is InChI=1S/C25H24F4N4O/c26-21-7-1-4-18(14-21)17-32-10-3-11-33(13-12-32)23-9-8-22(16-30-23)31-24(34)19-5-2-6-20(15-19)25(27,28)29/h1-2,4-9,14-16H,3,10-13,17H2,(H,31,34). The smallest absolute Gasteiger partial charge is 0.355 e. The van der Waals surface area contributed by atoms with E-state index in [1.165, 1.54) is 24.4 Å². The topological polar surface area (TPSA) is 48.5 Å². The van der Waals surface area contributed by atoms with Crippen LogP contribution in [0.1, 0.15) is 27.9 Å². The average Bonchev–Trinajstić information content (AvgIpc) is 3.05. The van der Waals surface area contributed by atoms with E-state index in [1.807, 2.05) is 6.07 Å². The number of carbonyl (C=O) groups excluding carboxylic acids is 1. The van der Waals surface area contributed by atoms with E-state index >= 15 is 0 Å². The number of pyridine rings is 1. The van der Waals surface area contributed by atoms with Gasteiger partial charge < -0.3 is 10.2 Å². The third kappa shape index (κ3) is 6.11. The molecule has 0 unspecified atom stereocenters. The fraction of sp³-hybridized carbons (Fsp3) is 0.280. The van der Waals surface area contributed by atoms with Crippen LogP contribution in [0.3, 0.4) is 0 Å². The van der Waals surface area contributed by atoms with E-state index in [4.69, 9.17) is 0 Å². The average molecular weight is 472 g/mol. The Balaban J connectivity index is 1.35. The van der Waals surface area contributed by atoms with Gasteiger partial charge in [0.15, 0.2) is 0 Å². The number of halogens is 4. The van der Waals surface area contributed by atoms with Gasteiger partial charge in [-0.05, 0) is 54.4 Å². The molecule has 1 fully saturated rings. The van der Waals surface area contributed by atoms with Gasteiger partial charge in [0.25, 0.3) is 5.91 Å². The second-order valence-corrected chi connectivity index (χ2v) is 8.18. The Labute approximate surface area is 195 Å². The van der Waals surface area contributed by atoms with Crippen molar-refractivity contribution in [3.63, 3.8) is 0 Å². The maximum Gasteiger partial charge on any atom is 0.416 e. The van der Waals surface area contributed by atoms with Gasteiger partial charge in [-0.1, -0.05) is 18.2 Å². The van der Waals surface area contributed by atoms with Crippen molar-refractivity contribution in [3.05, 3.63) is 89.4 Å². The predicted octanol–water partition coefficient (Wildman–Crippen LogP) is 5.20. The molecule has 5 nitrogen and oxygen atoms in total. The number of hydrogen-bond donors (Lipinski definition) is 1. The van der Waals surface area contributed by atoms with Crippen LogP contribution in [-0.4, -0.2) is 42.0 Å². The summed E-state index contributed by atoms with van der Waals surface area (Å²) in [5.41, 5.74) is 0.382. The monoisotopic (exact) mass is 472 g/mol. The first kappa shape index (κ1) is 23.7. The van der Waals surface area contributed by atoms with Crippen LogP contribution in [0, 0.1) is 5.82 Å². The van der Waals surface area contributed by atoms with Gasteiger partial charge in [-0.25, -0.2) is 9.37 Å². The van der Waals surface area contributed by atoms with Crippen molar-refractivity contribution in [3.8, 4) is 0 Å². The van der Waals surface area contributed by atoms with Crippen molar-refractivity contribution < 1.29 is 22.4 Å². The number of nitrogens with one attached hydrogen (secondary N) is 1. The van der Waals surface area contributed by atoms with Crippen LogP contribution >= 0.6 is 0 Å². The van der Waals surface area contributed by atoms with Gasteiger partial charge in [-0.2, -0.15) is 13.2 Å². The third-order valence-corrected chi connectivity index (χ3v) is 5.67. The molecule has 0 spiro atoms. The Morgan fingerprint density at radius 3 is 2.53 bits per heavy atom. The number of amides is 1. The molecule has 0 aliphatic carbocycles. The van der Waals surface area contributed by atoms with E-state index in [0.717, 1.165) is 56.1 Å². The number of nitrogens with zero attached hydrogens (tertiary/aromatic N) is 3. The summed E-state index contributed by atoms with van der Waals surface area (Å²) < 4.78 is 52.1. The molecule has 0 atom stereocenters. The molecule has 1 aromatic heterocycles. The van der Waals surface area contributed by atoms with E-state index in [1.54, 1.807) is 24.3 Å². The van der Waals surface area contributed by atoms with Crippen molar-refractivity contribution in [2.45, 2.75) is 19.1 Å². The summed E-state index contributed by atoms with van der Waals surface area (Å²) in [5, 5.41) is 2.59. The van der Waals surface area contributed by atoms with Crippen molar-refractivity contribution in [2.24, 2.45) is 0 Å². The van der Waals surface area contributed by atoms with Gasteiger partial charge in [-0.3, -0.25) is 9.69 Å². The predicted molar refractivity (Wildman–Crippen MR) is 122 cm³/mol. The number of rotatable bonds is 5. The second kappa shape index (κ2) is 10.2. The molecule has 34 heavy (non-hydrogen) atoms. The van der Waals surface area contributed by atoms with Crippen LogP contribution < -0.4 is 10.2 Å². The quantitative estimate of drug-likeness (QED) is 0.519. The van der Waals surface area contributed by atoms with E-state index in [0.29, 0.717) is 12.2 Å². The molecule has 4 rings (SSSR count). The summed E-state index contributed by atoms with van der Waals surface area (Å²) in [6, 6.07) is 14.4. The number of aromatic nitrogens is 1. The molecule has 178 valence electrons. The Morgan fingerprint density at radius 2 is 1.79 bits per heavy atom. The summed E-state index contributed by atoms with van der Waals surface area (Å²) in [4.78, 5) is 21.2. The molecule has 3 aromatic rings. The molecule has 9 heteroatoms. The van der Waals surface area contributed by atoms with Gasteiger partial charge in [0.2, 0.25) is 0 Å². The Bertz CT molecular complexity index is 1130. The lowest BCUT2D eigenvalue weighted by Crippen LogP contribution is -2.31. The number of anilines is 2. The van der Waals surface area contributed by atoms with E-state index in [9.17, 15) is 22.4 Å². The molecule has 1 aliphatic heterocycles. The van der Waals surface area contributed by atoms with Crippen molar-refractivity contribution >= 4 is 17.4 Å². The molecule has 1 amide bonds. The minimum absolute atomic E-state index is 0.0789.